The van der Waals surface area contributed by atoms with Gasteiger partial charge in [0.15, 0.2) is 0 Å². The van der Waals surface area contributed by atoms with E-state index in [1.165, 1.54) is 11.8 Å². The minimum Gasteiger partial charge on any atom is -0.325 e. The highest BCUT2D eigenvalue weighted by Gasteiger charge is 2.16. The van der Waals surface area contributed by atoms with Crippen LogP contribution < -0.4 is 16.0 Å². The third-order valence-electron chi connectivity index (χ3n) is 7.32. The van der Waals surface area contributed by atoms with E-state index in [1.54, 1.807) is 36.4 Å². The average molecular weight is 626 g/mol. The van der Waals surface area contributed by atoms with Crippen LogP contribution in [-0.4, -0.2) is 23.5 Å². The van der Waals surface area contributed by atoms with Gasteiger partial charge in [-0.1, -0.05) is 104 Å². The second-order valence-corrected chi connectivity index (χ2v) is 11.7. The molecule has 3 amide bonds. The monoisotopic (exact) mass is 625 g/mol. The molecule has 0 saturated heterocycles. The van der Waals surface area contributed by atoms with E-state index in [-0.39, 0.29) is 17.4 Å². The topological polar surface area (TPSA) is 87.3 Å². The van der Waals surface area contributed by atoms with E-state index in [0.717, 1.165) is 44.8 Å². The van der Waals surface area contributed by atoms with Gasteiger partial charge in [-0.15, -0.1) is 11.8 Å². The lowest BCUT2D eigenvalue weighted by Crippen LogP contribution is -2.30. The van der Waals surface area contributed by atoms with Crippen LogP contribution in [0.25, 0.3) is 17.2 Å². The van der Waals surface area contributed by atoms with Gasteiger partial charge in [0.2, 0.25) is 5.91 Å². The maximum Gasteiger partial charge on any atom is 0.272 e. The summed E-state index contributed by atoms with van der Waals surface area (Å²) in [5.41, 5.74) is 6.96. The fourth-order valence-electron chi connectivity index (χ4n) is 4.90. The lowest BCUT2D eigenvalue weighted by molar-refractivity contribution is -0.114. The van der Waals surface area contributed by atoms with Crippen molar-refractivity contribution >= 4 is 46.9 Å². The number of thioether (sulfide) groups is 1. The third-order valence-corrected chi connectivity index (χ3v) is 8.32. The first-order valence-corrected chi connectivity index (χ1v) is 16.0. The Kier molecular flexibility index (Phi) is 10.8. The van der Waals surface area contributed by atoms with Crippen molar-refractivity contribution in [3.8, 4) is 11.1 Å². The molecule has 5 rings (SSSR count). The Balaban J connectivity index is 1.30. The van der Waals surface area contributed by atoms with Crippen molar-refractivity contribution in [2.45, 2.75) is 25.2 Å². The van der Waals surface area contributed by atoms with Crippen molar-refractivity contribution in [2.75, 3.05) is 16.4 Å². The molecule has 7 heteroatoms. The van der Waals surface area contributed by atoms with Crippen molar-refractivity contribution in [3.63, 3.8) is 0 Å². The molecule has 0 bridgehead atoms. The summed E-state index contributed by atoms with van der Waals surface area (Å²) in [4.78, 5) is 40.3. The van der Waals surface area contributed by atoms with Crippen LogP contribution in [0.1, 0.15) is 34.0 Å². The molecule has 0 saturated carbocycles. The number of aryl methyl sites for hydroxylation is 2. The van der Waals surface area contributed by atoms with Crippen LogP contribution >= 0.6 is 11.8 Å². The van der Waals surface area contributed by atoms with Gasteiger partial charge in [-0.3, -0.25) is 14.4 Å². The van der Waals surface area contributed by atoms with E-state index in [4.69, 9.17) is 0 Å². The van der Waals surface area contributed by atoms with Crippen LogP contribution in [0.4, 0.5) is 11.4 Å². The summed E-state index contributed by atoms with van der Waals surface area (Å²) in [7, 11) is 0. The predicted octanol–water partition coefficient (Wildman–Crippen LogP) is 8.36. The number of amides is 3. The van der Waals surface area contributed by atoms with Gasteiger partial charge in [-0.2, -0.15) is 0 Å². The number of anilines is 2. The summed E-state index contributed by atoms with van der Waals surface area (Å²) < 4.78 is 0. The Bertz CT molecular complexity index is 1850. The molecule has 0 aromatic heterocycles. The third kappa shape index (κ3) is 8.61. The largest absolute Gasteiger partial charge is 0.325 e. The molecule has 0 atom stereocenters. The summed E-state index contributed by atoms with van der Waals surface area (Å²) in [6, 6.07) is 39.9. The number of nitrogens with one attached hydrogen (secondary N) is 3. The number of rotatable bonds is 11. The van der Waals surface area contributed by atoms with Gasteiger partial charge >= 0.3 is 0 Å². The molecule has 0 aliphatic rings. The van der Waals surface area contributed by atoms with Crippen LogP contribution in [0, 0.1) is 6.92 Å². The van der Waals surface area contributed by atoms with Gasteiger partial charge in [0.05, 0.1) is 5.75 Å². The van der Waals surface area contributed by atoms with Crippen molar-refractivity contribution in [2.24, 2.45) is 0 Å². The van der Waals surface area contributed by atoms with Crippen LogP contribution in [0.2, 0.25) is 0 Å². The highest BCUT2D eigenvalue weighted by molar-refractivity contribution is 8.00. The van der Waals surface area contributed by atoms with Crippen molar-refractivity contribution in [1.29, 1.82) is 0 Å². The standard InChI is InChI=1S/C39H35N3O3S/c1-3-29-17-10-12-27(2)37(29)42-36(43)26-46-34-19-11-18-33(25-34)40-39(45)35(41-38(44)32-15-8-5-9-16-32)24-28-20-22-31(23-21-28)30-13-6-4-7-14-30/h4-25H,3,26H2,1-2H3,(H,40,45)(H,41,44)(H,42,43)/b35-24+. The van der Waals surface area contributed by atoms with E-state index in [1.807, 2.05) is 104 Å². The second kappa shape index (κ2) is 15.5. The predicted molar refractivity (Wildman–Crippen MR) is 189 cm³/mol. The summed E-state index contributed by atoms with van der Waals surface area (Å²) in [6.07, 6.45) is 2.48. The van der Waals surface area contributed by atoms with Gasteiger partial charge in [0.1, 0.15) is 5.70 Å². The molecular weight excluding hydrogens is 591 g/mol. The van der Waals surface area contributed by atoms with Gasteiger partial charge < -0.3 is 16.0 Å². The molecule has 0 radical (unpaired) electrons. The summed E-state index contributed by atoms with van der Waals surface area (Å²) in [5.74, 6) is -0.747. The Morgan fingerprint density at radius 2 is 1.39 bits per heavy atom. The molecule has 230 valence electrons. The quantitative estimate of drug-likeness (QED) is 0.102. The van der Waals surface area contributed by atoms with Gasteiger partial charge in [0, 0.05) is 21.8 Å². The number of hydrogen-bond donors (Lipinski definition) is 3. The minimum atomic E-state index is -0.469. The highest BCUT2D eigenvalue weighted by atomic mass is 32.2. The van der Waals surface area contributed by atoms with E-state index >= 15 is 0 Å². The lowest BCUT2D eigenvalue weighted by Gasteiger charge is -2.13. The first-order valence-electron chi connectivity index (χ1n) is 15.1. The van der Waals surface area contributed by atoms with Gasteiger partial charge in [0.25, 0.3) is 11.8 Å². The average Bonchev–Trinajstić information content (AvgIpc) is 3.09. The Morgan fingerprint density at radius 3 is 2.11 bits per heavy atom. The number of para-hydroxylation sites is 1. The molecule has 0 unspecified atom stereocenters. The molecule has 5 aromatic rings. The van der Waals surface area contributed by atoms with Crippen LogP contribution in [-0.2, 0) is 16.0 Å². The van der Waals surface area contributed by atoms with E-state index in [9.17, 15) is 14.4 Å². The highest BCUT2D eigenvalue weighted by Crippen LogP contribution is 2.25. The molecule has 5 aromatic carbocycles. The smallest absolute Gasteiger partial charge is 0.272 e. The summed E-state index contributed by atoms with van der Waals surface area (Å²) in [6.45, 7) is 4.05. The maximum absolute atomic E-state index is 13.6. The SMILES string of the molecule is CCc1cccc(C)c1NC(=O)CSc1cccc(NC(=O)/C(=C\c2ccc(-c3ccccc3)cc2)NC(=O)c2ccccc2)c1. The number of carbonyl (C=O) groups is 3. The fraction of sp³-hybridized carbons (Fsp3) is 0.103. The van der Waals surface area contributed by atoms with Gasteiger partial charge in [-0.05, 0) is 77.6 Å². The Morgan fingerprint density at radius 1 is 0.717 bits per heavy atom. The first-order chi connectivity index (χ1) is 22.4. The molecule has 6 nitrogen and oxygen atoms in total. The molecule has 3 N–H and O–H groups in total. The van der Waals surface area contributed by atoms with Crippen LogP contribution in [0.15, 0.2) is 138 Å². The molecule has 0 heterocycles. The molecular formula is C39H35N3O3S. The van der Waals surface area contributed by atoms with Gasteiger partial charge in [-0.25, -0.2) is 0 Å². The maximum atomic E-state index is 13.6. The molecule has 0 spiro atoms. The van der Waals surface area contributed by atoms with E-state index < -0.39 is 11.8 Å². The molecule has 46 heavy (non-hydrogen) atoms. The lowest BCUT2D eigenvalue weighted by atomic mass is 10.0. The second-order valence-electron chi connectivity index (χ2n) is 10.6. The molecule has 0 aliphatic heterocycles. The van der Waals surface area contributed by atoms with E-state index in [2.05, 4.69) is 22.9 Å². The normalized spacial score (nSPS) is 11.0. The summed E-state index contributed by atoms with van der Waals surface area (Å²) in [5, 5.41) is 8.75. The zero-order chi connectivity index (χ0) is 32.3. The van der Waals surface area contributed by atoms with Crippen molar-refractivity contribution in [3.05, 3.63) is 155 Å². The minimum absolute atomic E-state index is 0.101. The van der Waals surface area contributed by atoms with Crippen LogP contribution in [0.3, 0.4) is 0 Å². The zero-order valence-electron chi connectivity index (χ0n) is 25.7. The zero-order valence-corrected chi connectivity index (χ0v) is 26.6. The van der Waals surface area contributed by atoms with Crippen molar-refractivity contribution < 1.29 is 14.4 Å². The first kappa shape index (κ1) is 32.0. The molecule has 0 fully saturated rings. The number of benzene rings is 5. The van der Waals surface area contributed by atoms with E-state index in [0.29, 0.717) is 11.3 Å². The number of carbonyl (C=O) groups excluding carboxylic acids is 3. The fourth-order valence-corrected chi connectivity index (χ4v) is 5.65. The van der Waals surface area contributed by atoms with Crippen LogP contribution in [0.5, 0.6) is 0 Å². The Hall–Kier alpha value is -5.40. The van der Waals surface area contributed by atoms with Crippen molar-refractivity contribution in [1.82, 2.24) is 5.32 Å². The summed E-state index contributed by atoms with van der Waals surface area (Å²) >= 11 is 1.38. The Labute approximate surface area is 274 Å². The molecule has 0 aliphatic carbocycles. The number of hydrogen-bond acceptors (Lipinski definition) is 4.